The lowest BCUT2D eigenvalue weighted by atomic mass is 10.2. The molecule has 2 rings (SSSR count). The van der Waals surface area contributed by atoms with E-state index < -0.39 is 24.1 Å². The first kappa shape index (κ1) is 15.6. The molecule has 1 N–H and O–H groups in total. The van der Waals surface area contributed by atoms with Crippen LogP contribution in [0, 0.1) is 10.1 Å². The highest BCUT2D eigenvalue weighted by Crippen LogP contribution is 2.29. The van der Waals surface area contributed by atoms with E-state index in [0.717, 1.165) is 12.8 Å². The Morgan fingerprint density at radius 1 is 1.38 bits per heavy atom. The van der Waals surface area contributed by atoms with Crippen LogP contribution in [0.5, 0.6) is 5.75 Å². The molecule has 21 heavy (non-hydrogen) atoms. The second-order valence-electron chi connectivity index (χ2n) is 4.93. The summed E-state index contributed by atoms with van der Waals surface area (Å²) in [6.07, 6.45) is -3.29. The maximum atomic E-state index is 12.0. The molecule has 116 valence electrons. The van der Waals surface area contributed by atoms with Crippen LogP contribution in [-0.4, -0.2) is 23.7 Å². The molecule has 0 saturated heterocycles. The Labute approximate surface area is 119 Å². The SMILES string of the molecule is O=[N+]([O-])c1cc(CNC2CC2)ccc1OCCC(F)(F)F. The van der Waals surface area contributed by atoms with Gasteiger partial charge in [-0.2, -0.15) is 13.2 Å². The zero-order chi connectivity index (χ0) is 15.5. The molecule has 1 aromatic rings. The molecule has 8 heteroatoms. The minimum Gasteiger partial charge on any atom is -0.486 e. The van der Waals surface area contributed by atoms with E-state index in [0.29, 0.717) is 18.2 Å². The van der Waals surface area contributed by atoms with Crippen LogP contribution in [0.2, 0.25) is 0 Å². The molecule has 0 aromatic heterocycles. The smallest absolute Gasteiger partial charge is 0.392 e. The predicted molar refractivity (Wildman–Crippen MR) is 69.1 cm³/mol. The number of rotatable bonds is 7. The Bertz CT molecular complexity index is 516. The molecule has 0 atom stereocenters. The Hall–Kier alpha value is -1.83. The fourth-order valence-corrected chi connectivity index (χ4v) is 1.76. The van der Waals surface area contributed by atoms with Gasteiger partial charge in [0.05, 0.1) is 18.0 Å². The van der Waals surface area contributed by atoms with Crippen molar-refractivity contribution in [3.05, 3.63) is 33.9 Å². The molecule has 0 spiro atoms. The first-order valence-electron chi connectivity index (χ1n) is 6.55. The number of nitrogens with one attached hydrogen (secondary N) is 1. The Morgan fingerprint density at radius 2 is 2.10 bits per heavy atom. The van der Waals surface area contributed by atoms with Crippen molar-refractivity contribution in [2.24, 2.45) is 0 Å². The summed E-state index contributed by atoms with van der Waals surface area (Å²) < 4.78 is 41.0. The van der Waals surface area contributed by atoms with Gasteiger partial charge in [0.2, 0.25) is 0 Å². The van der Waals surface area contributed by atoms with Crippen LogP contribution in [0.4, 0.5) is 18.9 Å². The van der Waals surface area contributed by atoms with Crippen molar-refractivity contribution in [2.45, 2.75) is 38.0 Å². The van der Waals surface area contributed by atoms with Crippen LogP contribution < -0.4 is 10.1 Å². The summed E-state index contributed by atoms with van der Waals surface area (Å²) in [5.41, 5.74) is 0.393. The van der Waals surface area contributed by atoms with Crippen molar-refractivity contribution in [1.29, 1.82) is 0 Å². The van der Waals surface area contributed by atoms with E-state index in [1.165, 1.54) is 12.1 Å². The van der Waals surface area contributed by atoms with Crippen molar-refractivity contribution in [3.63, 3.8) is 0 Å². The van der Waals surface area contributed by atoms with E-state index in [9.17, 15) is 23.3 Å². The molecular weight excluding hydrogens is 289 g/mol. The number of halogens is 3. The van der Waals surface area contributed by atoms with Crippen LogP contribution in [0.3, 0.4) is 0 Å². The highest BCUT2D eigenvalue weighted by atomic mass is 19.4. The van der Waals surface area contributed by atoms with Crippen molar-refractivity contribution in [3.8, 4) is 5.75 Å². The molecule has 0 unspecified atom stereocenters. The van der Waals surface area contributed by atoms with Gasteiger partial charge in [-0.05, 0) is 24.5 Å². The van der Waals surface area contributed by atoms with Gasteiger partial charge in [-0.15, -0.1) is 0 Å². The predicted octanol–water partition coefficient (Wildman–Crippen LogP) is 3.18. The number of nitro benzene ring substituents is 1. The third-order valence-corrected chi connectivity index (χ3v) is 3.04. The van der Waals surface area contributed by atoms with E-state index in [2.05, 4.69) is 5.32 Å². The van der Waals surface area contributed by atoms with E-state index in [-0.39, 0.29) is 11.4 Å². The Balaban J connectivity index is 2.00. The molecule has 1 aliphatic carbocycles. The van der Waals surface area contributed by atoms with Crippen molar-refractivity contribution in [1.82, 2.24) is 5.32 Å². The largest absolute Gasteiger partial charge is 0.486 e. The van der Waals surface area contributed by atoms with Gasteiger partial charge in [-0.3, -0.25) is 10.1 Å². The monoisotopic (exact) mass is 304 g/mol. The standard InChI is InChI=1S/C13H15F3N2O3/c14-13(15,16)5-6-21-12-4-1-9(7-11(12)18(19)20)8-17-10-2-3-10/h1,4,7,10,17H,2-3,5-6,8H2. The normalized spacial score (nSPS) is 15.0. The number of hydrogen-bond acceptors (Lipinski definition) is 4. The molecule has 5 nitrogen and oxygen atoms in total. The second kappa shape index (κ2) is 6.30. The first-order valence-corrected chi connectivity index (χ1v) is 6.55. The zero-order valence-corrected chi connectivity index (χ0v) is 11.2. The average molecular weight is 304 g/mol. The van der Waals surface area contributed by atoms with Crippen LogP contribution in [-0.2, 0) is 6.54 Å². The van der Waals surface area contributed by atoms with Gasteiger partial charge in [0.25, 0.3) is 0 Å². The third kappa shape index (κ3) is 5.22. The highest BCUT2D eigenvalue weighted by Gasteiger charge is 2.27. The maximum Gasteiger partial charge on any atom is 0.392 e. The number of nitrogens with zero attached hydrogens (tertiary/aromatic N) is 1. The molecular formula is C13H15F3N2O3. The fraction of sp³-hybridized carbons (Fsp3) is 0.538. The number of nitro groups is 1. The molecule has 1 aromatic carbocycles. The number of ether oxygens (including phenoxy) is 1. The molecule has 1 fully saturated rings. The summed E-state index contributed by atoms with van der Waals surface area (Å²) in [7, 11) is 0. The van der Waals surface area contributed by atoms with Gasteiger partial charge >= 0.3 is 11.9 Å². The molecule has 0 aliphatic heterocycles. The van der Waals surface area contributed by atoms with Gasteiger partial charge in [-0.1, -0.05) is 6.07 Å². The lowest BCUT2D eigenvalue weighted by molar-refractivity contribution is -0.386. The molecule has 1 aliphatic rings. The molecule has 0 amide bonds. The summed E-state index contributed by atoms with van der Waals surface area (Å²) in [6, 6.07) is 4.76. The van der Waals surface area contributed by atoms with Crippen molar-refractivity contribution >= 4 is 5.69 Å². The minimum atomic E-state index is -4.34. The van der Waals surface area contributed by atoms with Crippen molar-refractivity contribution < 1.29 is 22.8 Å². The highest BCUT2D eigenvalue weighted by molar-refractivity contribution is 5.48. The maximum absolute atomic E-state index is 12.0. The lowest BCUT2D eigenvalue weighted by Gasteiger charge is -2.10. The summed E-state index contributed by atoms with van der Waals surface area (Å²) in [5, 5.41) is 14.2. The van der Waals surface area contributed by atoms with Gasteiger partial charge in [0.1, 0.15) is 0 Å². The van der Waals surface area contributed by atoms with E-state index >= 15 is 0 Å². The minimum absolute atomic E-state index is 0.139. The average Bonchev–Trinajstić information content (AvgIpc) is 3.19. The Morgan fingerprint density at radius 3 is 2.67 bits per heavy atom. The van der Waals surface area contributed by atoms with Gasteiger partial charge in [-0.25, -0.2) is 0 Å². The summed E-state index contributed by atoms with van der Waals surface area (Å²) in [4.78, 5) is 10.3. The third-order valence-electron chi connectivity index (χ3n) is 3.04. The van der Waals surface area contributed by atoms with Gasteiger partial charge < -0.3 is 10.1 Å². The number of alkyl halides is 3. The topological polar surface area (TPSA) is 64.4 Å². The zero-order valence-electron chi connectivity index (χ0n) is 11.2. The van der Waals surface area contributed by atoms with Crippen LogP contribution in [0.25, 0.3) is 0 Å². The molecule has 0 bridgehead atoms. The van der Waals surface area contributed by atoms with E-state index in [1.54, 1.807) is 6.07 Å². The van der Waals surface area contributed by atoms with Crippen LogP contribution >= 0.6 is 0 Å². The Kier molecular flexibility index (Phi) is 4.66. The fourth-order valence-electron chi connectivity index (χ4n) is 1.76. The molecule has 0 heterocycles. The van der Waals surface area contributed by atoms with Crippen LogP contribution in [0.15, 0.2) is 18.2 Å². The number of hydrogen-bond donors (Lipinski definition) is 1. The summed E-state index contributed by atoms with van der Waals surface area (Å²) >= 11 is 0. The quantitative estimate of drug-likeness (QED) is 0.620. The van der Waals surface area contributed by atoms with E-state index in [1.807, 2.05) is 0 Å². The lowest BCUT2D eigenvalue weighted by Crippen LogP contribution is -2.16. The molecule has 0 radical (unpaired) electrons. The van der Waals surface area contributed by atoms with Crippen LogP contribution in [0.1, 0.15) is 24.8 Å². The van der Waals surface area contributed by atoms with E-state index in [4.69, 9.17) is 4.74 Å². The molecule has 1 saturated carbocycles. The van der Waals surface area contributed by atoms with Gasteiger partial charge in [0.15, 0.2) is 5.75 Å². The van der Waals surface area contributed by atoms with Crippen molar-refractivity contribution in [2.75, 3.05) is 6.61 Å². The first-order chi connectivity index (χ1) is 9.85. The summed E-state index contributed by atoms with van der Waals surface area (Å²) in [5.74, 6) is -0.139. The summed E-state index contributed by atoms with van der Waals surface area (Å²) in [6.45, 7) is -0.141. The second-order valence-corrected chi connectivity index (χ2v) is 4.93. The van der Waals surface area contributed by atoms with Gasteiger partial charge in [0, 0.05) is 18.7 Å². The number of benzene rings is 1.